The summed E-state index contributed by atoms with van der Waals surface area (Å²) in [5.41, 5.74) is 3.60. The highest BCUT2D eigenvalue weighted by atomic mass is 16.5. The van der Waals surface area contributed by atoms with E-state index >= 15 is 0 Å². The van der Waals surface area contributed by atoms with Crippen LogP contribution < -0.4 is 10.1 Å². The molecule has 0 bridgehead atoms. The van der Waals surface area contributed by atoms with Gasteiger partial charge >= 0.3 is 0 Å². The van der Waals surface area contributed by atoms with E-state index in [9.17, 15) is 0 Å². The smallest absolute Gasteiger partial charge is 0.146 e. The van der Waals surface area contributed by atoms with Crippen LogP contribution in [-0.2, 0) is 13.2 Å². The van der Waals surface area contributed by atoms with Crippen LogP contribution in [0, 0.1) is 6.92 Å². The molecule has 114 valence electrons. The minimum Gasteiger partial charge on any atom is -0.485 e. The normalized spacial score (nSPS) is 11.1. The summed E-state index contributed by atoms with van der Waals surface area (Å²) in [6.07, 6.45) is 1.79. The van der Waals surface area contributed by atoms with Gasteiger partial charge in [-0.3, -0.25) is 0 Å². The Morgan fingerprint density at radius 3 is 2.76 bits per heavy atom. The third kappa shape index (κ3) is 4.36. The molecule has 3 nitrogen and oxygen atoms in total. The first kappa shape index (κ1) is 15.6. The first-order valence-corrected chi connectivity index (χ1v) is 7.60. The zero-order valence-corrected chi connectivity index (χ0v) is 13.4. The molecule has 0 aliphatic heterocycles. The van der Waals surface area contributed by atoms with E-state index in [0.29, 0.717) is 12.5 Å². The first-order chi connectivity index (χ1) is 10.1. The molecule has 0 spiro atoms. The number of benzene rings is 1. The highest BCUT2D eigenvalue weighted by Gasteiger charge is 2.07. The molecule has 1 N–H and O–H groups in total. The number of aryl methyl sites for hydroxylation is 1. The Hall–Kier alpha value is -1.74. The van der Waals surface area contributed by atoms with Gasteiger partial charge in [0.25, 0.3) is 0 Å². The molecule has 2 aromatic rings. The summed E-state index contributed by atoms with van der Waals surface area (Å²) in [5, 5.41) is 3.28. The molecule has 0 amide bonds. The zero-order chi connectivity index (χ0) is 15.2. The van der Waals surface area contributed by atoms with Gasteiger partial charge in [-0.05, 0) is 42.6 Å². The van der Waals surface area contributed by atoms with Crippen LogP contribution in [0.25, 0.3) is 0 Å². The Morgan fingerprint density at radius 1 is 1.24 bits per heavy atom. The number of rotatable bonds is 7. The lowest BCUT2D eigenvalue weighted by Crippen LogP contribution is -2.10. The summed E-state index contributed by atoms with van der Waals surface area (Å²) >= 11 is 0. The predicted octanol–water partition coefficient (Wildman–Crippen LogP) is 4.40. The van der Waals surface area contributed by atoms with Gasteiger partial charge in [-0.2, -0.15) is 0 Å². The SMILES string of the molecule is CCNCc1coc(COc2cc(C(C)C)ccc2C)c1. The molecule has 0 saturated heterocycles. The second kappa shape index (κ2) is 7.32. The summed E-state index contributed by atoms with van der Waals surface area (Å²) in [6, 6.07) is 8.45. The third-order valence-electron chi connectivity index (χ3n) is 3.54. The number of ether oxygens (including phenoxy) is 1. The molecule has 1 aromatic heterocycles. The quantitative estimate of drug-likeness (QED) is 0.819. The Labute approximate surface area is 127 Å². The molecule has 2 rings (SSSR count). The van der Waals surface area contributed by atoms with Crippen molar-refractivity contribution in [1.29, 1.82) is 0 Å². The van der Waals surface area contributed by atoms with Gasteiger partial charge in [-0.25, -0.2) is 0 Å². The van der Waals surface area contributed by atoms with Crippen molar-refractivity contribution in [1.82, 2.24) is 5.32 Å². The van der Waals surface area contributed by atoms with Crippen LogP contribution in [0.5, 0.6) is 5.75 Å². The average molecular weight is 287 g/mol. The van der Waals surface area contributed by atoms with E-state index < -0.39 is 0 Å². The second-order valence-corrected chi connectivity index (χ2v) is 5.67. The molecule has 1 aromatic carbocycles. The van der Waals surface area contributed by atoms with E-state index in [0.717, 1.165) is 35.7 Å². The van der Waals surface area contributed by atoms with E-state index in [1.807, 2.05) is 6.07 Å². The fourth-order valence-corrected chi connectivity index (χ4v) is 2.14. The Balaban J connectivity index is 1.99. The molecule has 0 aliphatic carbocycles. The first-order valence-electron chi connectivity index (χ1n) is 7.60. The molecule has 0 unspecified atom stereocenters. The largest absolute Gasteiger partial charge is 0.485 e. The highest BCUT2D eigenvalue weighted by Crippen LogP contribution is 2.25. The van der Waals surface area contributed by atoms with Gasteiger partial charge in [0.2, 0.25) is 0 Å². The van der Waals surface area contributed by atoms with Gasteiger partial charge < -0.3 is 14.5 Å². The van der Waals surface area contributed by atoms with Crippen molar-refractivity contribution in [2.75, 3.05) is 6.54 Å². The molecular weight excluding hydrogens is 262 g/mol. The van der Waals surface area contributed by atoms with Crippen LogP contribution in [0.1, 0.15) is 49.1 Å². The van der Waals surface area contributed by atoms with Crippen LogP contribution in [0.15, 0.2) is 34.9 Å². The van der Waals surface area contributed by atoms with Crippen molar-refractivity contribution in [2.24, 2.45) is 0 Å². The minimum atomic E-state index is 0.467. The summed E-state index contributed by atoms with van der Waals surface area (Å²) in [6.45, 7) is 10.8. The topological polar surface area (TPSA) is 34.4 Å². The van der Waals surface area contributed by atoms with Crippen molar-refractivity contribution in [2.45, 2.75) is 46.8 Å². The van der Waals surface area contributed by atoms with Gasteiger partial charge in [0.15, 0.2) is 0 Å². The molecular formula is C18H25NO2. The maximum absolute atomic E-state index is 5.92. The number of nitrogens with one attached hydrogen (secondary N) is 1. The van der Waals surface area contributed by atoms with E-state index in [2.05, 4.69) is 51.2 Å². The standard InChI is InChI=1S/C18H25NO2/c1-5-19-10-15-8-17(20-11-15)12-21-18-9-16(13(2)3)7-6-14(18)4/h6-9,11,13,19H,5,10,12H2,1-4H3. The maximum Gasteiger partial charge on any atom is 0.146 e. The lowest BCUT2D eigenvalue weighted by molar-refractivity contribution is 0.268. The third-order valence-corrected chi connectivity index (χ3v) is 3.54. The van der Waals surface area contributed by atoms with Gasteiger partial charge in [-0.1, -0.05) is 32.9 Å². The Kier molecular flexibility index (Phi) is 5.45. The van der Waals surface area contributed by atoms with Crippen molar-refractivity contribution in [3.63, 3.8) is 0 Å². The average Bonchev–Trinajstić information content (AvgIpc) is 2.92. The molecule has 0 saturated carbocycles. The minimum absolute atomic E-state index is 0.467. The Morgan fingerprint density at radius 2 is 2.05 bits per heavy atom. The molecule has 0 fully saturated rings. The molecule has 1 heterocycles. The van der Waals surface area contributed by atoms with Crippen LogP contribution in [-0.4, -0.2) is 6.54 Å². The van der Waals surface area contributed by atoms with Gasteiger partial charge in [0.1, 0.15) is 18.1 Å². The number of furan rings is 1. The van der Waals surface area contributed by atoms with E-state index in [4.69, 9.17) is 9.15 Å². The van der Waals surface area contributed by atoms with E-state index in [-0.39, 0.29) is 0 Å². The van der Waals surface area contributed by atoms with Crippen LogP contribution >= 0.6 is 0 Å². The van der Waals surface area contributed by atoms with Crippen LogP contribution in [0.4, 0.5) is 0 Å². The van der Waals surface area contributed by atoms with Crippen molar-refractivity contribution in [3.8, 4) is 5.75 Å². The van der Waals surface area contributed by atoms with Crippen molar-refractivity contribution < 1.29 is 9.15 Å². The maximum atomic E-state index is 5.92. The van der Waals surface area contributed by atoms with Crippen molar-refractivity contribution in [3.05, 3.63) is 53.0 Å². The second-order valence-electron chi connectivity index (χ2n) is 5.67. The summed E-state index contributed by atoms with van der Waals surface area (Å²) in [5.74, 6) is 2.30. The van der Waals surface area contributed by atoms with Crippen molar-refractivity contribution >= 4 is 0 Å². The lowest BCUT2D eigenvalue weighted by Gasteiger charge is -2.12. The molecule has 0 aliphatic rings. The number of hydrogen-bond donors (Lipinski definition) is 1. The predicted molar refractivity (Wildman–Crippen MR) is 85.7 cm³/mol. The van der Waals surface area contributed by atoms with E-state index in [1.54, 1.807) is 6.26 Å². The molecule has 3 heteroatoms. The summed E-state index contributed by atoms with van der Waals surface area (Å²) in [4.78, 5) is 0. The molecule has 0 atom stereocenters. The monoisotopic (exact) mass is 287 g/mol. The highest BCUT2D eigenvalue weighted by molar-refractivity contribution is 5.37. The summed E-state index contributed by atoms with van der Waals surface area (Å²) < 4.78 is 11.5. The zero-order valence-electron chi connectivity index (χ0n) is 13.4. The van der Waals surface area contributed by atoms with Crippen LogP contribution in [0.2, 0.25) is 0 Å². The van der Waals surface area contributed by atoms with E-state index in [1.165, 1.54) is 5.56 Å². The van der Waals surface area contributed by atoms with Crippen LogP contribution in [0.3, 0.4) is 0 Å². The lowest BCUT2D eigenvalue weighted by atomic mass is 10.0. The molecule has 0 radical (unpaired) electrons. The van der Waals surface area contributed by atoms with Gasteiger partial charge in [0.05, 0.1) is 6.26 Å². The number of hydrogen-bond acceptors (Lipinski definition) is 3. The summed E-state index contributed by atoms with van der Waals surface area (Å²) in [7, 11) is 0. The Bertz CT molecular complexity index is 572. The fraction of sp³-hybridized carbons (Fsp3) is 0.444. The van der Waals surface area contributed by atoms with Gasteiger partial charge in [0, 0.05) is 12.1 Å². The molecule has 21 heavy (non-hydrogen) atoms. The van der Waals surface area contributed by atoms with Gasteiger partial charge in [-0.15, -0.1) is 0 Å². The fourth-order valence-electron chi connectivity index (χ4n) is 2.14.